The van der Waals surface area contributed by atoms with Crippen molar-refractivity contribution in [1.29, 1.82) is 0 Å². The fourth-order valence-corrected chi connectivity index (χ4v) is 5.66. The molecule has 0 radical (unpaired) electrons. The van der Waals surface area contributed by atoms with Gasteiger partial charge in [-0.1, -0.05) is 54.6 Å². The summed E-state index contributed by atoms with van der Waals surface area (Å²) in [4.78, 5) is 43.7. The third-order valence-electron chi connectivity index (χ3n) is 8.16. The number of carboxylic acids is 4. The van der Waals surface area contributed by atoms with Crippen LogP contribution in [0.4, 0.5) is 4.39 Å². The van der Waals surface area contributed by atoms with E-state index in [9.17, 15) is 9.50 Å². The van der Waals surface area contributed by atoms with Crippen molar-refractivity contribution in [3.05, 3.63) is 108 Å². The zero-order valence-electron chi connectivity index (χ0n) is 27.5. The van der Waals surface area contributed by atoms with E-state index in [0.717, 1.165) is 65.9 Å². The van der Waals surface area contributed by atoms with Crippen molar-refractivity contribution in [1.82, 2.24) is 14.5 Å². The number of ether oxygens (including phenoxy) is 1. The average molecular weight is 704 g/mol. The predicted octanol–water partition coefficient (Wildman–Crippen LogP) is 4.38. The van der Waals surface area contributed by atoms with Crippen molar-refractivity contribution in [3.63, 3.8) is 0 Å². The van der Waals surface area contributed by atoms with E-state index in [4.69, 9.17) is 49.3 Å². The largest absolute Gasteiger partial charge is 0.491 e. The van der Waals surface area contributed by atoms with Crippen molar-refractivity contribution in [2.45, 2.75) is 31.9 Å². The minimum Gasteiger partial charge on any atom is -0.491 e. The molecule has 0 bridgehead atoms. The van der Waals surface area contributed by atoms with E-state index in [1.165, 1.54) is 17.5 Å². The first kappa shape index (κ1) is 38.0. The minimum absolute atomic E-state index is 0.216. The first-order valence-corrected chi connectivity index (χ1v) is 16.0. The molecule has 1 aliphatic rings. The van der Waals surface area contributed by atoms with E-state index in [0.29, 0.717) is 19.0 Å². The Kier molecular flexibility index (Phi) is 13.6. The van der Waals surface area contributed by atoms with Gasteiger partial charge in [0, 0.05) is 19.5 Å². The van der Waals surface area contributed by atoms with E-state index in [2.05, 4.69) is 39.8 Å². The number of fused-ring (bicyclic) bond motifs is 2. The Morgan fingerprint density at radius 2 is 1.37 bits per heavy atom. The summed E-state index contributed by atoms with van der Waals surface area (Å²) in [5.74, 6) is -5.10. The molecule has 2 heterocycles. The van der Waals surface area contributed by atoms with Crippen molar-refractivity contribution < 1.29 is 53.8 Å². The quantitative estimate of drug-likeness (QED) is 0.136. The van der Waals surface area contributed by atoms with Gasteiger partial charge in [-0.05, 0) is 84.6 Å². The number of piperidine rings is 1. The SMILES string of the molecule is O=C(O)C(=O)O.O=C(O)C(=O)O.OC(COc1ccc2ccccc2c1)CN1CCC(Cc2nc3ccccc3n2Cc2ccc(F)cc2)CC1. The maximum absolute atomic E-state index is 13.4. The lowest BCUT2D eigenvalue weighted by Crippen LogP contribution is -2.41. The zero-order chi connectivity index (χ0) is 36.9. The monoisotopic (exact) mass is 703 g/mol. The molecular weight excluding hydrogens is 665 g/mol. The third kappa shape index (κ3) is 11.6. The number of para-hydroxylation sites is 2. The summed E-state index contributed by atoms with van der Waals surface area (Å²) in [6.07, 6.45) is 2.51. The molecule has 268 valence electrons. The lowest BCUT2D eigenvalue weighted by atomic mass is 9.93. The van der Waals surface area contributed by atoms with Gasteiger partial charge in [-0.25, -0.2) is 28.6 Å². The number of carboxylic acid groups (broad SMARTS) is 4. The number of aromatic nitrogens is 2. The molecular formula is C37H38FN3O10. The van der Waals surface area contributed by atoms with Crippen LogP contribution < -0.4 is 4.74 Å². The van der Waals surface area contributed by atoms with Crippen molar-refractivity contribution in [2.24, 2.45) is 5.92 Å². The molecule has 13 nitrogen and oxygen atoms in total. The molecule has 51 heavy (non-hydrogen) atoms. The van der Waals surface area contributed by atoms with Gasteiger partial charge < -0.3 is 39.7 Å². The molecule has 6 rings (SSSR count). The van der Waals surface area contributed by atoms with Gasteiger partial charge in [0.2, 0.25) is 0 Å². The first-order chi connectivity index (χ1) is 24.4. The second-order valence-corrected chi connectivity index (χ2v) is 11.9. The lowest BCUT2D eigenvalue weighted by Gasteiger charge is -2.33. The molecule has 0 saturated carbocycles. The van der Waals surface area contributed by atoms with Crippen LogP contribution in [0, 0.1) is 11.7 Å². The highest BCUT2D eigenvalue weighted by Crippen LogP contribution is 2.26. The number of carbonyl (C=O) groups is 4. The summed E-state index contributed by atoms with van der Waals surface area (Å²) in [5.41, 5.74) is 3.18. The fraction of sp³-hybridized carbons (Fsp3) is 0.270. The predicted molar refractivity (Wildman–Crippen MR) is 184 cm³/mol. The molecule has 1 unspecified atom stereocenters. The number of aliphatic carboxylic acids is 4. The highest BCUT2D eigenvalue weighted by Gasteiger charge is 2.24. The van der Waals surface area contributed by atoms with Crippen LogP contribution in [-0.2, 0) is 32.1 Å². The number of imidazole rings is 1. The van der Waals surface area contributed by atoms with Gasteiger partial charge in [0.1, 0.15) is 30.1 Å². The van der Waals surface area contributed by atoms with Gasteiger partial charge in [0.05, 0.1) is 11.0 Å². The van der Waals surface area contributed by atoms with Crippen LogP contribution in [0.25, 0.3) is 21.8 Å². The summed E-state index contributed by atoms with van der Waals surface area (Å²) >= 11 is 0. The van der Waals surface area contributed by atoms with Gasteiger partial charge in [-0.3, -0.25) is 0 Å². The number of β-amino-alcohol motifs (C(OH)–C–C–N with tert-alkyl or cyclic N) is 1. The van der Waals surface area contributed by atoms with Gasteiger partial charge in [0.25, 0.3) is 0 Å². The Hall–Kier alpha value is -5.86. The summed E-state index contributed by atoms with van der Waals surface area (Å²) in [7, 11) is 0. The van der Waals surface area contributed by atoms with Crippen LogP contribution in [0.1, 0.15) is 24.2 Å². The summed E-state index contributed by atoms with van der Waals surface area (Å²) in [5, 5.41) is 42.5. The van der Waals surface area contributed by atoms with Crippen molar-refractivity contribution >= 4 is 45.7 Å². The Morgan fingerprint density at radius 1 is 0.784 bits per heavy atom. The third-order valence-corrected chi connectivity index (χ3v) is 8.16. The molecule has 14 heteroatoms. The Morgan fingerprint density at radius 3 is 2.00 bits per heavy atom. The van der Waals surface area contributed by atoms with Crippen molar-refractivity contribution in [2.75, 3.05) is 26.2 Å². The molecule has 1 saturated heterocycles. The number of rotatable bonds is 9. The minimum atomic E-state index is -1.82. The van der Waals surface area contributed by atoms with E-state index in [1.807, 2.05) is 48.5 Å². The maximum Gasteiger partial charge on any atom is 0.414 e. The normalized spacial score (nSPS) is 13.7. The highest BCUT2D eigenvalue weighted by atomic mass is 19.1. The lowest BCUT2D eigenvalue weighted by molar-refractivity contribution is -0.159. The van der Waals surface area contributed by atoms with E-state index < -0.39 is 30.0 Å². The molecule has 1 aromatic heterocycles. The smallest absolute Gasteiger partial charge is 0.414 e. The molecule has 0 amide bonds. The molecule has 5 N–H and O–H groups in total. The van der Waals surface area contributed by atoms with Crippen LogP contribution >= 0.6 is 0 Å². The second-order valence-electron chi connectivity index (χ2n) is 11.9. The molecule has 5 aromatic rings. The molecule has 0 aliphatic carbocycles. The van der Waals surface area contributed by atoms with Gasteiger partial charge in [0.15, 0.2) is 0 Å². The number of nitrogens with zero attached hydrogens (tertiary/aromatic N) is 3. The van der Waals surface area contributed by atoms with Gasteiger partial charge in [-0.15, -0.1) is 0 Å². The number of likely N-dealkylation sites (tertiary alicyclic amines) is 1. The van der Waals surface area contributed by atoms with Gasteiger partial charge >= 0.3 is 23.9 Å². The summed E-state index contributed by atoms with van der Waals surface area (Å²) in [6, 6.07) is 29.2. The first-order valence-electron chi connectivity index (χ1n) is 16.0. The number of aliphatic hydroxyl groups is 1. The average Bonchev–Trinajstić information content (AvgIpc) is 3.45. The van der Waals surface area contributed by atoms with Crippen LogP contribution in [-0.4, -0.2) is 96.2 Å². The molecule has 1 aliphatic heterocycles. The van der Waals surface area contributed by atoms with Crippen LogP contribution in [0.2, 0.25) is 0 Å². The van der Waals surface area contributed by atoms with Gasteiger partial charge in [-0.2, -0.15) is 0 Å². The number of halogens is 1. The summed E-state index contributed by atoms with van der Waals surface area (Å²) in [6.45, 7) is 3.49. The van der Waals surface area contributed by atoms with Crippen LogP contribution in [0.5, 0.6) is 5.75 Å². The standard InChI is InChI=1S/C33H34FN3O2.2C2H2O4/c34-28-12-9-25(10-13-28)21-37-32-8-4-3-7-31(32)35-33(37)19-24-15-17-36(18-16-24)22-29(38)23-39-30-14-11-26-5-1-2-6-27(26)20-30;2*3-1(4)2(5)6/h1-14,20,24,29,38H,15-19,21-23H2;2*(H,3,4)(H,5,6). The fourth-order valence-electron chi connectivity index (χ4n) is 5.66. The molecule has 4 aromatic carbocycles. The molecule has 1 fully saturated rings. The Bertz CT molecular complexity index is 1910. The summed E-state index contributed by atoms with van der Waals surface area (Å²) < 4.78 is 21.6. The van der Waals surface area contributed by atoms with Crippen LogP contribution in [0.3, 0.4) is 0 Å². The van der Waals surface area contributed by atoms with E-state index in [1.54, 1.807) is 0 Å². The van der Waals surface area contributed by atoms with Crippen molar-refractivity contribution in [3.8, 4) is 5.75 Å². The number of hydrogen-bond acceptors (Lipinski definition) is 8. The molecule has 0 spiro atoms. The topological polar surface area (TPSA) is 200 Å². The van der Waals surface area contributed by atoms with E-state index >= 15 is 0 Å². The zero-order valence-corrected chi connectivity index (χ0v) is 27.5. The highest BCUT2D eigenvalue weighted by molar-refractivity contribution is 6.27. The Labute approximate surface area is 291 Å². The Balaban J connectivity index is 0.000000420. The number of aliphatic hydroxyl groups excluding tert-OH is 1. The second kappa shape index (κ2) is 18.2. The maximum atomic E-state index is 13.4. The number of benzene rings is 4. The molecule has 1 atom stereocenters. The van der Waals surface area contributed by atoms with Crippen LogP contribution in [0.15, 0.2) is 91.0 Å². The number of hydrogen-bond donors (Lipinski definition) is 5. The van der Waals surface area contributed by atoms with E-state index in [-0.39, 0.29) is 12.4 Å².